The number of para-hydroxylation sites is 1. The van der Waals surface area contributed by atoms with Crippen LogP contribution >= 0.6 is 11.3 Å². The van der Waals surface area contributed by atoms with E-state index in [1.165, 1.54) is 21.7 Å². The van der Waals surface area contributed by atoms with E-state index < -0.39 is 5.72 Å². The molecule has 0 N–H and O–H groups in total. The number of likely N-dealkylation sites (N-methyl/N-ethyl adjacent to an activating group) is 1. The summed E-state index contributed by atoms with van der Waals surface area (Å²) in [6, 6.07) is 23.4. The van der Waals surface area contributed by atoms with Crippen LogP contribution in [0.15, 0.2) is 77.1 Å². The molecule has 0 amide bonds. The highest BCUT2D eigenvalue weighted by molar-refractivity contribution is 7.10. The third kappa shape index (κ3) is 2.63. The van der Waals surface area contributed by atoms with Gasteiger partial charge in [0.25, 0.3) is 0 Å². The zero-order valence-electron chi connectivity index (χ0n) is 18.4. The first-order chi connectivity index (χ1) is 15.5. The Bertz CT molecular complexity index is 1400. The lowest BCUT2D eigenvalue weighted by Gasteiger charge is -2.45. The monoisotopic (exact) mass is 436 g/mol. The van der Waals surface area contributed by atoms with Crippen LogP contribution in [0.4, 0.5) is 11.4 Å². The van der Waals surface area contributed by atoms with E-state index in [1.807, 2.05) is 6.21 Å². The molecule has 0 radical (unpaired) electrons. The van der Waals surface area contributed by atoms with Gasteiger partial charge in [-0.15, -0.1) is 11.3 Å². The van der Waals surface area contributed by atoms with Crippen molar-refractivity contribution in [3.8, 4) is 5.75 Å². The molecule has 0 saturated carbocycles. The van der Waals surface area contributed by atoms with E-state index >= 15 is 0 Å². The molecule has 1 unspecified atom stereocenters. The van der Waals surface area contributed by atoms with Gasteiger partial charge in [0.2, 0.25) is 5.72 Å². The van der Waals surface area contributed by atoms with Gasteiger partial charge in [-0.1, -0.05) is 48.5 Å². The molecule has 3 heterocycles. The number of benzene rings is 3. The van der Waals surface area contributed by atoms with Crippen LogP contribution in [0, 0.1) is 0 Å². The van der Waals surface area contributed by atoms with Crippen molar-refractivity contribution in [3.63, 3.8) is 0 Å². The van der Waals surface area contributed by atoms with Crippen molar-refractivity contribution in [2.45, 2.75) is 25.0 Å². The van der Waals surface area contributed by atoms with Crippen molar-refractivity contribution in [1.29, 1.82) is 0 Å². The molecule has 1 spiro atoms. The first kappa shape index (κ1) is 19.3. The van der Waals surface area contributed by atoms with Crippen molar-refractivity contribution in [2.24, 2.45) is 4.99 Å². The van der Waals surface area contributed by atoms with Crippen molar-refractivity contribution in [2.75, 3.05) is 11.9 Å². The number of ether oxygens (including phenoxy) is 1. The fourth-order valence-corrected chi connectivity index (χ4v) is 5.69. The molecule has 158 valence electrons. The standard InChI is InChI=1S/C28H24N2OS/c1-27(2)23-8-4-5-9-24(23)30(3)28(27)18-29-26-22-14-11-19(10-13-21-7-6-16-32-21)17-20(22)12-15-25(26)31-28/h4-18H,1-3H3/b13-10-. The van der Waals surface area contributed by atoms with Crippen LogP contribution in [-0.4, -0.2) is 19.0 Å². The van der Waals surface area contributed by atoms with E-state index in [9.17, 15) is 0 Å². The van der Waals surface area contributed by atoms with E-state index in [4.69, 9.17) is 9.73 Å². The highest BCUT2D eigenvalue weighted by Crippen LogP contribution is 2.54. The largest absolute Gasteiger partial charge is 0.459 e. The molecule has 32 heavy (non-hydrogen) atoms. The fourth-order valence-electron chi connectivity index (χ4n) is 5.07. The van der Waals surface area contributed by atoms with Gasteiger partial charge in [0, 0.05) is 23.0 Å². The summed E-state index contributed by atoms with van der Waals surface area (Å²) >= 11 is 1.74. The maximum Gasteiger partial charge on any atom is 0.228 e. The zero-order valence-corrected chi connectivity index (χ0v) is 19.2. The average molecular weight is 437 g/mol. The molecule has 2 aliphatic heterocycles. The number of hydrogen-bond acceptors (Lipinski definition) is 4. The molecular formula is C28H24N2OS. The lowest BCUT2D eigenvalue weighted by atomic mass is 9.77. The van der Waals surface area contributed by atoms with Gasteiger partial charge >= 0.3 is 0 Å². The Labute approximate surface area is 192 Å². The smallest absolute Gasteiger partial charge is 0.228 e. The normalized spacial score (nSPS) is 20.7. The summed E-state index contributed by atoms with van der Waals surface area (Å²) in [4.78, 5) is 8.47. The quantitative estimate of drug-likeness (QED) is 0.329. The second kappa shape index (κ2) is 6.81. The van der Waals surface area contributed by atoms with E-state index in [1.54, 1.807) is 11.3 Å². The van der Waals surface area contributed by atoms with Crippen LogP contribution in [0.2, 0.25) is 0 Å². The predicted molar refractivity (Wildman–Crippen MR) is 137 cm³/mol. The lowest BCUT2D eigenvalue weighted by molar-refractivity contribution is 0.0826. The van der Waals surface area contributed by atoms with Gasteiger partial charge in [-0.3, -0.25) is 4.99 Å². The highest BCUT2D eigenvalue weighted by atomic mass is 32.1. The molecule has 2 aliphatic rings. The van der Waals surface area contributed by atoms with Crippen molar-refractivity contribution in [3.05, 3.63) is 88.1 Å². The molecular weight excluding hydrogens is 412 g/mol. The van der Waals surface area contributed by atoms with Crippen molar-refractivity contribution >= 4 is 51.9 Å². The number of rotatable bonds is 2. The second-order valence-electron chi connectivity index (χ2n) is 9.00. The molecule has 4 aromatic rings. The minimum Gasteiger partial charge on any atom is -0.459 e. The van der Waals surface area contributed by atoms with Crippen LogP contribution in [0.5, 0.6) is 5.75 Å². The van der Waals surface area contributed by atoms with Gasteiger partial charge < -0.3 is 9.64 Å². The SMILES string of the molecule is CN1c2ccccc2C(C)(C)C12C=Nc1c(ccc3cc(/C=C\c4cccs4)ccc13)O2. The first-order valence-corrected chi connectivity index (χ1v) is 11.7. The van der Waals surface area contributed by atoms with Gasteiger partial charge in [0.05, 0.1) is 11.6 Å². The second-order valence-corrected chi connectivity index (χ2v) is 9.98. The summed E-state index contributed by atoms with van der Waals surface area (Å²) < 4.78 is 6.79. The molecule has 0 saturated heterocycles. The summed E-state index contributed by atoms with van der Waals surface area (Å²) in [6.45, 7) is 4.47. The van der Waals surface area contributed by atoms with E-state index in [-0.39, 0.29) is 5.41 Å². The summed E-state index contributed by atoms with van der Waals surface area (Å²) in [5.41, 5.74) is 3.65. The Morgan fingerprint density at radius 1 is 0.969 bits per heavy atom. The maximum absolute atomic E-state index is 6.79. The number of thiophene rings is 1. The molecule has 0 fully saturated rings. The third-order valence-corrected chi connectivity index (χ3v) is 7.77. The highest BCUT2D eigenvalue weighted by Gasteiger charge is 2.58. The van der Waals surface area contributed by atoms with Crippen molar-refractivity contribution in [1.82, 2.24) is 0 Å². The summed E-state index contributed by atoms with van der Waals surface area (Å²) in [6.07, 6.45) is 6.32. The predicted octanol–water partition coefficient (Wildman–Crippen LogP) is 7.29. The Hall–Kier alpha value is -3.37. The minimum atomic E-state index is -0.652. The van der Waals surface area contributed by atoms with E-state index in [2.05, 4.69) is 110 Å². The fraction of sp³-hybridized carbons (Fsp3) is 0.179. The number of anilines is 1. The molecule has 3 nitrogen and oxygen atoms in total. The van der Waals surface area contributed by atoms with Crippen LogP contribution in [0.1, 0.15) is 29.9 Å². The molecule has 3 aromatic carbocycles. The Morgan fingerprint density at radius 3 is 2.66 bits per heavy atom. The summed E-state index contributed by atoms with van der Waals surface area (Å²) in [7, 11) is 2.10. The van der Waals surface area contributed by atoms with Crippen LogP contribution in [0.25, 0.3) is 22.9 Å². The maximum atomic E-state index is 6.79. The molecule has 1 aromatic heterocycles. The Kier molecular flexibility index (Phi) is 4.11. The molecule has 1 atom stereocenters. The van der Waals surface area contributed by atoms with E-state index in [0.29, 0.717) is 0 Å². The molecule has 0 bridgehead atoms. The Balaban J connectivity index is 1.40. The first-order valence-electron chi connectivity index (χ1n) is 10.9. The van der Waals surface area contributed by atoms with Gasteiger partial charge in [0.1, 0.15) is 11.4 Å². The summed E-state index contributed by atoms with van der Waals surface area (Å²) in [5, 5.41) is 4.37. The average Bonchev–Trinajstić information content (AvgIpc) is 3.39. The topological polar surface area (TPSA) is 24.8 Å². The third-order valence-electron chi connectivity index (χ3n) is 6.93. The number of hydrogen-bond donors (Lipinski definition) is 0. The van der Waals surface area contributed by atoms with E-state index in [0.717, 1.165) is 22.2 Å². The molecule has 0 aliphatic carbocycles. The van der Waals surface area contributed by atoms with Gasteiger partial charge in [0.15, 0.2) is 0 Å². The number of fused-ring (bicyclic) bond motifs is 4. The lowest BCUT2D eigenvalue weighted by Crippen LogP contribution is -2.61. The number of nitrogens with zero attached hydrogens (tertiary/aromatic N) is 2. The number of aliphatic imine (C=N–C) groups is 1. The van der Waals surface area contributed by atoms with Gasteiger partial charge in [-0.2, -0.15) is 0 Å². The molecule has 6 rings (SSSR count). The van der Waals surface area contributed by atoms with Crippen LogP contribution < -0.4 is 9.64 Å². The van der Waals surface area contributed by atoms with Crippen LogP contribution in [-0.2, 0) is 5.41 Å². The molecule has 4 heteroatoms. The van der Waals surface area contributed by atoms with Gasteiger partial charge in [-0.25, -0.2) is 0 Å². The van der Waals surface area contributed by atoms with Gasteiger partial charge in [-0.05, 0) is 66.1 Å². The van der Waals surface area contributed by atoms with Crippen LogP contribution in [0.3, 0.4) is 0 Å². The Morgan fingerprint density at radius 2 is 1.84 bits per heavy atom. The summed E-state index contributed by atoms with van der Waals surface area (Å²) in [5.74, 6) is 0.828. The zero-order chi connectivity index (χ0) is 21.9. The minimum absolute atomic E-state index is 0.245. The van der Waals surface area contributed by atoms with Crippen molar-refractivity contribution < 1.29 is 4.74 Å².